The van der Waals surface area contributed by atoms with Gasteiger partial charge in [-0.3, -0.25) is 9.59 Å². The normalized spacial score (nSPS) is 16.5. The largest absolute Gasteiger partial charge is 0.462 e. The average Bonchev–Trinajstić information content (AvgIpc) is 2.27. The second kappa shape index (κ2) is 8.94. The highest BCUT2D eigenvalue weighted by Gasteiger charge is 2.17. The summed E-state index contributed by atoms with van der Waals surface area (Å²) in [5.41, 5.74) is 0. The fourth-order valence-electron chi connectivity index (χ4n) is 2.38. The summed E-state index contributed by atoms with van der Waals surface area (Å²) in [7, 11) is 0. The fourth-order valence-corrected chi connectivity index (χ4v) is 2.38. The molecule has 1 saturated carbocycles. The number of ether oxygens (including phenoxy) is 2. The van der Waals surface area contributed by atoms with Crippen LogP contribution in [0.5, 0.6) is 0 Å². The van der Waals surface area contributed by atoms with E-state index in [0.29, 0.717) is 0 Å². The Morgan fingerprint density at radius 1 is 1.11 bits per heavy atom. The molecule has 1 unspecified atom stereocenters. The molecule has 0 N–H and O–H groups in total. The number of rotatable bonds is 9. The monoisotopic (exact) mass is 270 g/mol. The Morgan fingerprint density at radius 3 is 2.37 bits per heavy atom. The molecule has 0 aliphatic heterocycles. The van der Waals surface area contributed by atoms with Gasteiger partial charge in [-0.15, -0.1) is 0 Å². The zero-order valence-electron chi connectivity index (χ0n) is 12.2. The van der Waals surface area contributed by atoms with Crippen LogP contribution in [0.25, 0.3) is 0 Å². The molecule has 1 aliphatic carbocycles. The van der Waals surface area contributed by atoms with E-state index >= 15 is 0 Å². The van der Waals surface area contributed by atoms with Crippen LogP contribution in [0.15, 0.2) is 0 Å². The number of hydrogen-bond donors (Lipinski definition) is 0. The van der Waals surface area contributed by atoms with Crippen molar-refractivity contribution in [3.05, 3.63) is 0 Å². The molecule has 19 heavy (non-hydrogen) atoms. The van der Waals surface area contributed by atoms with Gasteiger partial charge in [-0.05, 0) is 18.8 Å². The van der Waals surface area contributed by atoms with Gasteiger partial charge in [-0.1, -0.05) is 38.5 Å². The lowest BCUT2D eigenvalue weighted by Gasteiger charge is -2.25. The Balaban J connectivity index is 2.08. The van der Waals surface area contributed by atoms with E-state index in [1.165, 1.54) is 46.0 Å². The highest BCUT2D eigenvalue weighted by molar-refractivity contribution is 5.67. The van der Waals surface area contributed by atoms with E-state index in [1.54, 1.807) is 0 Å². The zero-order chi connectivity index (χ0) is 14.1. The van der Waals surface area contributed by atoms with E-state index < -0.39 is 0 Å². The first-order valence-electron chi connectivity index (χ1n) is 7.38. The predicted octanol–water partition coefficient (Wildman–Crippen LogP) is 3.23. The molecule has 1 aliphatic rings. The molecule has 0 bridgehead atoms. The standard InChI is InChI=1S/C15H26O4/c1-12(16)18-11-15(19-13(2)17)10-5-3-4-7-14-8-6-9-14/h14-15H,3-11H2,1-2H3. The highest BCUT2D eigenvalue weighted by Crippen LogP contribution is 2.31. The molecule has 0 aromatic carbocycles. The molecule has 1 rings (SSSR count). The summed E-state index contributed by atoms with van der Waals surface area (Å²) in [5, 5.41) is 0. The molecule has 0 amide bonds. The summed E-state index contributed by atoms with van der Waals surface area (Å²) in [5.74, 6) is 0.319. The summed E-state index contributed by atoms with van der Waals surface area (Å²) >= 11 is 0. The van der Waals surface area contributed by atoms with Gasteiger partial charge in [0.2, 0.25) is 0 Å². The average molecular weight is 270 g/mol. The van der Waals surface area contributed by atoms with Gasteiger partial charge < -0.3 is 9.47 Å². The van der Waals surface area contributed by atoms with Gasteiger partial charge in [0.05, 0.1) is 0 Å². The second-order valence-electron chi connectivity index (χ2n) is 5.47. The third kappa shape index (κ3) is 7.85. The molecule has 4 heteroatoms. The number of hydrogen-bond acceptors (Lipinski definition) is 4. The summed E-state index contributed by atoms with van der Waals surface area (Å²) < 4.78 is 10.1. The third-order valence-electron chi connectivity index (χ3n) is 3.67. The number of carbonyl (C=O) groups excluding carboxylic acids is 2. The lowest BCUT2D eigenvalue weighted by Crippen LogP contribution is -2.23. The van der Waals surface area contributed by atoms with Gasteiger partial charge in [0.25, 0.3) is 0 Å². The maximum absolute atomic E-state index is 11.0. The first-order valence-corrected chi connectivity index (χ1v) is 7.38. The number of carbonyl (C=O) groups is 2. The summed E-state index contributed by atoms with van der Waals surface area (Å²) in [6, 6.07) is 0. The predicted molar refractivity (Wildman–Crippen MR) is 72.6 cm³/mol. The van der Waals surface area contributed by atoms with Crippen molar-refractivity contribution < 1.29 is 19.1 Å². The molecule has 0 radical (unpaired) electrons. The molecule has 0 saturated heterocycles. The topological polar surface area (TPSA) is 52.6 Å². The van der Waals surface area contributed by atoms with E-state index in [2.05, 4.69) is 0 Å². The van der Waals surface area contributed by atoms with Crippen LogP contribution < -0.4 is 0 Å². The number of unbranched alkanes of at least 4 members (excludes halogenated alkanes) is 2. The molecule has 1 fully saturated rings. The Morgan fingerprint density at radius 2 is 1.84 bits per heavy atom. The van der Waals surface area contributed by atoms with Crippen molar-refractivity contribution in [2.45, 2.75) is 71.3 Å². The Labute approximate surface area is 115 Å². The van der Waals surface area contributed by atoms with Gasteiger partial charge in [0.15, 0.2) is 0 Å². The van der Waals surface area contributed by atoms with Crippen LogP contribution in [0, 0.1) is 5.92 Å². The van der Waals surface area contributed by atoms with Crippen LogP contribution in [-0.4, -0.2) is 24.6 Å². The van der Waals surface area contributed by atoms with Crippen molar-refractivity contribution in [3.63, 3.8) is 0 Å². The first-order chi connectivity index (χ1) is 9.08. The summed E-state index contributed by atoms with van der Waals surface area (Å²) in [6.45, 7) is 2.93. The van der Waals surface area contributed by atoms with Crippen LogP contribution in [0.2, 0.25) is 0 Å². The second-order valence-corrected chi connectivity index (χ2v) is 5.47. The van der Waals surface area contributed by atoms with Crippen molar-refractivity contribution in [1.82, 2.24) is 0 Å². The Hall–Kier alpha value is -1.06. The van der Waals surface area contributed by atoms with Gasteiger partial charge >= 0.3 is 11.9 Å². The van der Waals surface area contributed by atoms with Crippen LogP contribution in [0.4, 0.5) is 0 Å². The summed E-state index contributed by atoms with van der Waals surface area (Å²) in [4.78, 5) is 21.7. The SMILES string of the molecule is CC(=O)OCC(CCCCCC1CCC1)OC(C)=O. The van der Waals surface area contributed by atoms with Gasteiger partial charge in [-0.2, -0.15) is 0 Å². The summed E-state index contributed by atoms with van der Waals surface area (Å²) in [6.07, 6.45) is 9.47. The molecular weight excluding hydrogens is 244 g/mol. The quantitative estimate of drug-likeness (QED) is 0.477. The highest BCUT2D eigenvalue weighted by atomic mass is 16.6. The van der Waals surface area contributed by atoms with Crippen molar-refractivity contribution in [1.29, 1.82) is 0 Å². The van der Waals surface area contributed by atoms with E-state index in [0.717, 1.165) is 25.2 Å². The van der Waals surface area contributed by atoms with Crippen molar-refractivity contribution >= 4 is 11.9 Å². The minimum Gasteiger partial charge on any atom is -0.462 e. The van der Waals surface area contributed by atoms with Crippen molar-refractivity contribution in [2.24, 2.45) is 5.92 Å². The molecule has 0 aromatic rings. The van der Waals surface area contributed by atoms with Crippen LogP contribution in [0.3, 0.4) is 0 Å². The van der Waals surface area contributed by atoms with E-state index in [-0.39, 0.29) is 24.6 Å². The Bertz CT molecular complexity index is 284. The van der Waals surface area contributed by atoms with Gasteiger partial charge in [-0.25, -0.2) is 0 Å². The van der Waals surface area contributed by atoms with E-state index in [1.807, 2.05) is 0 Å². The molecule has 4 nitrogen and oxygen atoms in total. The molecule has 0 heterocycles. The molecule has 1 atom stereocenters. The van der Waals surface area contributed by atoms with E-state index in [4.69, 9.17) is 9.47 Å². The maximum Gasteiger partial charge on any atom is 0.303 e. The van der Waals surface area contributed by atoms with Crippen molar-refractivity contribution in [2.75, 3.05) is 6.61 Å². The minimum atomic E-state index is -0.331. The number of esters is 2. The van der Waals surface area contributed by atoms with Crippen molar-refractivity contribution in [3.8, 4) is 0 Å². The molecule has 0 spiro atoms. The lowest BCUT2D eigenvalue weighted by atomic mass is 9.81. The molecule has 110 valence electrons. The van der Waals surface area contributed by atoms with E-state index in [9.17, 15) is 9.59 Å². The van der Waals surface area contributed by atoms with Crippen LogP contribution >= 0.6 is 0 Å². The zero-order valence-corrected chi connectivity index (χ0v) is 12.2. The van der Waals surface area contributed by atoms with Crippen LogP contribution in [-0.2, 0) is 19.1 Å². The first kappa shape index (κ1) is 16.0. The Kier molecular flexibility index (Phi) is 7.53. The van der Waals surface area contributed by atoms with Gasteiger partial charge in [0.1, 0.15) is 12.7 Å². The lowest BCUT2D eigenvalue weighted by molar-refractivity contribution is -0.156. The minimum absolute atomic E-state index is 0.178. The maximum atomic E-state index is 11.0. The third-order valence-corrected chi connectivity index (χ3v) is 3.67. The fraction of sp³-hybridized carbons (Fsp3) is 0.867. The molecule has 0 aromatic heterocycles. The smallest absolute Gasteiger partial charge is 0.303 e. The molecular formula is C15H26O4. The van der Waals surface area contributed by atoms with Crippen LogP contribution in [0.1, 0.15) is 65.2 Å². The van der Waals surface area contributed by atoms with Gasteiger partial charge in [0, 0.05) is 13.8 Å².